The molecule has 0 fully saturated rings. The molecule has 0 bridgehead atoms. The van der Waals surface area contributed by atoms with Gasteiger partial charge in [0.2, 0.25) is 11.8 Å². The third-order valence-corrected chi connectivity index (χ3v) is 6.07. The lowest BCUT2D eigenvalue weighted by Crippen LogP contribution is -2.12. The van der Waals surface area contributed by atoms with Crippen LogP contribution < -0.4 is 5.32 Å². The number of carbonyl (C=O) groups excluding carboxylic acids is 1. The van der Waals surface area contributed by atoms with Crippen LogP contribution in [0.3, 0.4) is 0 Å². The summed E-state index contributed by atoms with van der Waals surface area (Å²) in [5, 5.41) is 22.3. The number of aliphatic hydroxyl groups is 1. The fourth-order valence-electron chi connectivity index (χ4n) is 4.04. The highest BCUT2D eigenvalue weighted by Gasteiger charge is 2.15. The van der Waals surface area contributed by atoms with Gasteiger partial charge in [0.1, 0.15) is 5.82 Å². The second-order valence-corrected chi connectivity index (χ2v) is 8.71. The Hall–Kier alpha value is -3.56. The summed E-state index contributed by atoms with van der Waals surface area (Å²) in [6.45, 7) is 0.532. The molecule has 2 aromatic heterocycles. The third-order valence-electron chi connectivity index (χ3n) is 5.57. The molecule has 2 N–H and O–H groups in total. The van der Waals surface area contributed by atoms with Gasteiger partial charge in [-0.2, -0.15) is 0 Å². The van der Waals surface area contributed by atoms with Crippen LogP contribution in [0.25, 0.3) is 33.3 Å². The van der Waals surface area contributed by atoms with Gasteiger partial charge in [0.05, 0.1) is 12.2 Å². The number of nitrogens with one attached hydrogen (secondary N) is 1. The van der Waals surface area contributed by atoms with E-state index in [1.54, 1.807) is 12.1 Å². The van der Waals surface area contributed by atoms with E-state index < -0.39 is 5.82 Å². The number of aliphatic hydroxyl groups excluding tert-OH is 1. The zero-order chi connectivity index (χ0) is 23.7. The first-order chi connectivity index (χ1) is 16.5. The van der Waals surface area contributed by atoms with Crippen LogP contribution in [0.2, 0.25) is 0 Å². The molecule has 2 heterocycles. The Balaban J connectivity index is 1.29. The molecule has 1 amide bonds. The summed E-state index contributed by atoms with van der Waals surface area (Å²) in [6, 6.07) is 18.3. The summed E-state index contributed by atoms with van der Waals surface area (Å²) in [5.41, 5.74) is 2.91. The summed E-state index contributed by atoms with van der Waals surface area (Å²) in [6.07, 6.45) is 0.365. The maximum atomic E-state index is 14.1. The molecule has 0 aliphatic rings. The molecule has 0 aliphatic carbocycles. The SMILES string of the molecule is O=C(CCc1nnc(-c2ccc(Br)cc2F)o1)Nc1ccc2c(c1)c1ccccc1n2CCO. The average Bonchev–Trinajstić information content (AvgIpc) is 3.41. The number of anilines is 1. The third kappa shape index (κ3) is 4.32. The second kappa shape index (κ2) is 9.36. The van der Waals surface area contributed by atoms with E-state index in [-0.39, 0.29) is 42.7 Å². The van der Waals surface area contributed by atoms with Crippen LogP contribution in [-0.4, -0.2) is 32.4 Å². The van der Waals surface area contributed by atoms with Gasteiger partial charge in [-0.25, -0.2) is 4.39 Å². The molecular formula is C25H20BrFN4O3. The number of fused-ring (bicyclic) bond motifs is 3. The molecule has 7 nitrogen and oxygen atoms in total. The van der Waals surface area contributed by atoms with Crippen LogP contribution in [0.4, 0.5) is 10.1 Å². The van der Waals surface area contributed by atoms with Crippen LogP contribution in [0.5, 0.6) is 0 Å². The number of aromatic nitrogens is 3. The minimum Gasteiger partial charge on any atom is -0.421 e. The van der Waals surface area contributed by atoms with Crippen LogP contribution in [0.1, 0.15) is 12.3 Å². The van der Waals surface area contributed by atoms with E-state index in [1.165, 1.54) is 6.07 Å². The maximum Gasteiger partial charge on any atom is 0.250 e. The van der Waals surface area contributed by atoms with Crippen molar-refractivity contribution >= 4 is 49.3 Å². The van der Waals surface area contributed by atoms with Crippen molar-refractivity contribution in [3.8, 4) is 11.5 Å². The average molecular weight is 523 g/mol. The molecule has 0 spiro atoms. The molecule has 0 unspecified atom stereocenters. The summed E-state index contributed by atoms with van der Waals surface area (Å²) in [4.78, 5) is 12.6. The van der Waals surface area contributed by atoms with Gasteiger partial charge in [-0.05, 0) is 42.5 Å². The van der Waals surface area contributed by atoms with Gasteiger partial charge in [0, 0.05) is 51.4 Å². The van der Waals surface area contributed by atoms with Crippen molar-refractivity contribution in [1.29, 1.82) is 0 Å². The van der Waals surface area contributed by atoms with Crippen molar-refractivity contribution in [1.82, 2.24) is 14.8 Å². The number of hydrogen-bond donors (Lipinski definition) is 2. The Kier molecular flexibility index (Phi) is 6.12. The monoisotopic (exact) mass is 522 g/mol. The number of hydrogen-bond acceptors (Lipinski definition) is 5. The molecule has 0 atom stereocenters. The Morgan fingerprint density at radius 1 is 1.06 bits per heavy atom. The van der Waals surface area contributed by atoms with Crippen molar-refractivity contribution in [2.45, 2.75) is 19.4 Å². The fraction of sp³-hybridized carbons (Fsp3) is 0.160. The number of rotatable bonds is 7. The lowest BCUT2D eigenvalue weighted by Gasteiger charge is -2.07. The largest absolute Gasteiger partial charge is 0.421 e. The Bertz CT molecular complexity index is 1510. The Morgan fingerprint density at radius 3 is 2.71 bits per heavy atom. The van der Waals surface area contributed by atoms with Crippen molar-refractivity contribution in [3.05, 3.63) is 76.8 Å². The first-order valence-electron chi connectivity index (χ1n) is 10.7. The number of aryl methyl sites for hydroxylation is 1. The highest BCUT2D eigenvalue weighted by Crippen LogP contribution is 2.31. The van der Waals surface area contributed by atoms with Gasteiger partial charge in [0.25, 0.3) is 5.89 Å². The van der Waals surface area contributed by atoms with Crippen LogP contribution in [0.15, 0.2) is 69.6 Å². The molecule has 0 aliphatic heterocycles. The van der Waals surface area contributed by atoms with E-state index in [4.69, 9.17) is 4.42 Å². The summed E-state index contributed by atoms with van der Waals surface area (Å²) >= 11 is 3.21. The molecule has 5 aromatic rings. The van der Waals surface area contributed by atoms with E-state index in [0.717, 1.165) is 21.8 Å². The highest BCUT2D eigenvalue weighted by molar-refractivity contribution is 9.10. The minimum absolute atomic E-state index is 0.0398. The summed E-state index contributed by atoms with van der Waals surface area (Å²) in [7, 11) is 0. The Labute approximate surface area is 202 Å². The van der Waals surface area contributed by atoms with Crippen LogP contribution >= 0.6 is 15.9 Å². The number of benzene rings is 3. The first kappa shape index (κ1) is 22.2. The summed E-state index contributed by atoms with van der Waals surface area (Å²) in [5.74, 6) is -0.341. The number of carbonyl (C=O) groups is 1. The van der Waals surface area contributed by atoms with E-state index in [9.17, 15) is 14.3 Å². The molecule has 9 heteroatoms. The number of halogens is 2. The number of para-hydroxylation sites is 1. The van der Waals surface area contributed by atoms with Crippen molar-refractivity contribution < 1.29 is 18.7 Å². The van der Waals surface area contributed by atoms with Gasteiger partial charge in [-0.15, -0.1) is 10.2 Å². The highest BCUT2D eigenvalue weighted by atomic mass is 79.9. The molecule has 3 aromatic carbocycles. The zero-order valence-corrected chi connectivity index (χ0v) is 19.5. The lowest BCUT2D eigenvalue weighted by atomic mass is 10.1. The molecule has 5 rings (SSSR count). The van der Waals surface area contributed by atoms with Crippen molar-refractivity contribution in [3.63, 3.8) is 0 Å². The molecule has 34 heavy (non-hydrogen) atoms. The fourth-order valence-corrected chi connectivity index (χ4v) is 4.38. The van der Waals surface area contributed by atoms with Gasteiger partial charge in [0.15, 0.2) is 0 Å². The molecule has 0 radical (unpaired) electrons. The van der Waals surface area contributed by atoms with Crippen molar-refractivity contribution in [2.75, 3.05) is 11.9 Å². The van der Waals surface area contributed by atoms with Gasteiger partial charge >= 0.3 is 0 Å². The van der Waals surface area contributed by atoms with Crippen LogP contribution in [0, 0.1) is 5.82 Å². The van der Waals surface area contributed by atoms with Crippen LogP contribution in [-0.2, 0) is 17.8 Å². The second-order valence-electron chi connectivity index (χ2n) is 7.80. The zero-order valence-electron chi connectivity index (χ0n) is 18.0. The first-order valence-corrected chi connectivity index (χ1v) is 11.5. The van der Waals surface area contributed by atoms with Gasteiger partial charge in [-0.1, -0.05) is 34.1 Å². The van der Waals surface area contributed by atoms with E-state index in [1.807, 2.05) is 42.5 Å². The smallest absolute Gasteiger partial charge is 0.250 e. The van der Waals surface area contributed by atoms with E-state index in [2.05, 4.69) is 36.0 Å². The maximum absolute atomic E-state index is 14.1. The normalized spacial score (nSPS) is 11.4. The minimum atomic E-state index is -0.474. The number of amides is 1. The quantitative estimate of drug-likeness (QED) is 0.302. The van der Waals surface area contributed by atoms with Crippen molar-refractivity contribution in [2.24, 2.45) is 0 Å². The molecular weight excluding hydrogens is 503 g/mol. The van der Waals surface area contributed by atoms with Gasteiger partial charge < -0.3 is 19.4 Å². The molecule has 0 saturated carbocycles. The summed E-state index contributed by atoms with van der Waals surface area (Å²) < 4.78 is 22.3. The standard InChI is InChI=1S/C25H20BrFN4O3/c26-15-5-7-18(20(27)13-15)25-30-29-24(34-25)10-9-23(33)28-16-6-8-22-19(14-16)17-3-1-2-4-21(17)31(22)11-12-32/h1-8,13-14,32H,9-12H2,(H,28,33). The van der Waals surface area contributed by atoms with E-state index in [0.29, 0.717) is 16.7 Å². The lowest BCUT2D eigenvalue weighted by molar-refractivity contribution is -0.116. The molecule has 0 saturated heterocycles. The predicted octanol–water partition coefficient (Wildman–Crippen LogP) is 5.31. The predicted molar refractivity (Wildman–Crippen MR) is 131 cm³/mol. The topological polar surface area (TPSA) is 93.2 Å². The van der Waals surface area contributed by atoms with E-state index >= 15 is 0 Å². The number of nitrogens with zero attached hydrogens (tertiary/aromatic N) is 3. The Morgan fingerprint density at radius 2 is 1.88 bits per heavy atom. The molecule has 172 valence electrons. The van der Waals surface area contributed by atoms with Gasteiger partial charge in [-0.3, -0.25) is 4.79 Å².